The van der Waals surface area contributed by atoms with Gasteiger partial charge < -0.3 is 14.8 Å². The van der Waals surface area contributed by atoms with Crippen LogP contribution < -0.4 is 14.8 Å². The van der Waals surface area contributed by atoms with Crippen molar-refractivity contribution in [3.05, 3.63) is 70.9 Å². The number of aromatic nitrogens is 3. The molecule has 2 heterocycles. The standard InChI is InChI=1S/C26H28N4O3S/c1-3-34-26-28-25-27-19-10-7-11-20(31)23(19)24(30(25)29-26)18-12-13-21(22(16-18)32-2)33-15-14-17-8-5-4-6-9-17/h4-6,8-9,12-13,16,24H,3,7,10-11,14-15H2,1-2H3,(H,27,28,29). The number of carbonyl (C=O) groups excluding carboxylic acids is 1. The molecule has 0 fully saturated rings. The third-order valence-corrected chi connectivity index (χ3v) is 6.84. The van der Waals surface area contributed by atoms with Gasteiger partial charge in [0, 0.05) is 24.1 Å². The van der Waals surface area contributed by atoms with E-state index in [1.165, 1.54) is 5.56 Å². The number of nitrogens with one attached hydrogen (secondary N) is 1. The fraction of sp³-hybridized carbons (Fsp3) is 0.346. The summed E-state index contributed by atoms with van der Waals surface area (Å²) in [5.41, 5.74) is 3.88. The highest BCUT2D eigenvalue weighted by Gasteiger charge is 2.37. The minimum atomic E-state index is -0.343. The SMILES string of the molecule is CCSc1nc2n(n1)C(c1ccc(OCCc3ccccc3)c(OC)c1)C1=C(CCCC1=O)N2. The van der Waals surface area contributed by atoms with Gasteiger partial charge in [-0.3, -0.25) is 4.79 Å². The summed E-state index contributed by atoms with van der Waals surface area (Å²) >= 11 is 1.59. The summed E-state index contributed by atoms with van der Waals surface area (Å²) in [5, 5.41) is 8.81. The van der Waals surface area contributed by atoms with Crippen molar-refractivity contribution in [2.24, 2.45) is 0 Å². The van der Waals surface area contributed by atoms with Crippen LogP contribution in [0, 0.1) is 0 Å². The van der Waals surface area contributed by atoms with Crippen molar-refractivity contribution in [2.75, 3.05) is 24.8 Å². The number of ketones is 1. The average Bonchev–Trinajstić information content (AvgIpc) is 3.26. The first-order valence-corrected chi connectivity index (χ1v) is 12.6. The van der Waals surface area contributed by atoms with Crippen molar-refractivity contribution in [1.82, 2.24) is 14.8 Å². The van der Waals surface area contributed by atoms with Crippen LogP contribution >= 0.6 is 11.8 Å². The number of anilines is 1. The summed E-state index contributed by atoms with van der Waals surface area (Å²) in [6.07, 6.45) is 3.04. The van der Waals surface area contributed by atoms with Crippen LogP contribution in [0.5, 0.6) is 11.5 Å². The van der Waals surface area contributed by atoms with Gasteiger partial charge in [-0.2, -0.15) is 4.98 Å². The van der Waals surface area contributed by atoms with Crippen molar-refractivity contribution in [3.63, 3.8) is 0 Å². The highest BCUT2D eigenvalue weighted by atomic mass is 32.2. The van der Waals surface area contributed by atoms with Gasteiger partial charge in [-0.25, -0.2) is 4.68 Å². The summed E-state index contributed by atoms with van der Waals surface area (Å²) in [6.45, 7) is 2.62. The zero-order valence-electron chi connectivity index (χ0n) is 19.4. The Bertz CT molecular complexity index is 1220. The Morgan fingerprint density at radius 2 is 2.00 bits per heavy atom. The van der Waals surface area contributed by atoms with E-state index in [4.69, 9.17) is 14.6 Å². The first-order valence-electron chi connectivity index (χ1n) is 11.6. The number of nitrogens with zero attached hydrogens (tertiary/aromatic N) is 3. The molecule has 176 valence electrons. The maximum Gasteiger partial charge on any atom is 0.227 e. The van der Waals surface area contributed by atoms with Crippen LogP contribution in [0.2, 0.25) is 0 Å². The Morgan fingerprint density at radius 1 is 1.15 bits per heavy atom. The number of rotatable bonds is 8. The third kappa shape index (κ3) is 4.42. The van der Waals surface area contributed by atoms with E-state index < -0.39 is 0 Å². The molecule has 1 aliphatic carbocycles. The molecule has 0 saturated carbocycles. The van der Waals surface area contributed by atoms with Crippen LogP contribution in [0.25, 0.3) is 0 Å². The molecule has 2 aromatic carbocycles. The second-order valence-corrected chi connectivity index (χ2v) is 9.52. The number of hydrogen-bond acceptors (Lipinski definition) is 7. The average molecular weight is 477 g/mol. The molecule has 0 amide bonds. The van der Waals surface area contributed by atoms with Gasteiger partial charge in [-0.15, -0.1) is 5.10 Å². The van der Waals surface area contributed by atoms with E-state index in [1.54, 1.807) is 18.9 Å². The largest absolute Gasteiger partial charge is 0.493 e. The molecular weight excluding hydrogens is 448 g/mol. The Hall–Kier alpha value is -3.26. The van der Waals surface area contributed by atoms with Gasteiger partial charge in [0.15, 0.2) is 17.3 Å². The lowest BCUT2D eigenvalue weighted by molar-refractivity contribution is -0.116. The first-order chi connectivity index (χ1) is 16.7. The highest BCUT2D eigenvalue weighted by molar-refractivity contribution is 7.99. The maximum atomic E-state index is 13.0. The predicted octanol–water partition coefficient (Wildman–Crippen LogP) is 5.04. The van der Waals surface area contributed by atoms with Crippen molar-refractivity contribution < 1.29 is 14.3 Å². The van der Waals surface area contributed by atoms with E-state index >= 15 is 0 Å². The lowest BCUT2D eigenvalue weighted by atomic mass is 9.85. The molecule has 1 N–H and O–H groups in total. The number of ether oxygens (including phenoxy) is 2. The molecule has 1 aliphatic heterocycles. The molecule has 8 heteroatoms. The lowest BCUT2D eigenvalue weighted by Crippen LogP contribution is -2.31. The van der Waals surface area contributed by atoms with Crippen LogP contribution in [0.15, 0.2) is 65.0 Å². The summed E-state index contributed by atoms with van der Waals surface area (Å²) < 4.78 is 13.6. The maximum absolute atomic E-state index is 13.0. The Balaban J connectivity index is 1.46. The van der Waals surface area contributed by atoms with Crippen LogP contribution in [-0.4, -0.2) is 40.0 Å². The summed E-state index contributed by atoms with van der Waals surface area (Å²) in [7, 11) is 1.64. The van der Waals surface area contributed by atoms with Gasteiger partial charge in [-0.1, -0.05) is 55.1 Å². The van der Waals surface area contributed by atoms with Crippen LogP contribution in [0.3, 0.4) is 0 Å². The van der Waals surface area contributed by atoms with E-state index in [0.29, 0.717) is 35.6 Å². The zero-order valence-corrected chi connectivity index (χ0v) is 20.2. The molecule has 0 spiro atoms. The van der Waals surface area contributed by atoms with Crippen LogP contribution in [-0.2, 0) is 11.2 Å². The second kappa shape index (κ2) is 9.93. The molecule has 0 saturated heterocycles. The lowest BCUT2D eigenvalue weighted by Gasteiger charge is -2.32. The minimum absolute atomic E-state index is 0.159. The summed E-state index contributed by atoms with van der Waals surface area (Å²) in [5.74, 6) is 3.03. The second-order valence-electron chi connectivity index (χ2n) is 8.29. The monoisotopic (exact) mass is 476 g/mol. The van der Waals surface area contributed by atoms with Gasteiger partial charge in [-0.05, 0) is 41.9 Å². The van der Waals surface area contributed by atoms with Gasteiger partial charge in [0.25, 0.3) is 0 Å². The fourth-order valence-corrected chi connectivity index (χ4v) is 5.09. The molecular formula is C26H28N4O3S. The van der Waals surface area contributed by atoms with Gasteiger partial charge >= 0.3 is 0 Å². The number of hydrogen-bond donors (Lipinski definition) is 1. The smallest absolute Gasteiger partial charge is 0.227 e. The Kier molecular flexibility index (Phi) is 6.58. The number of carbonyl (C=O) groups is 1. The summed E-state index contributed by atoms with van der Waals surface area (Å²) in [4.78, 5) is 17.7. The van der Waals surface area contributed by atoms with Crippen molar-refractivity contribution in [3.8, 4) is 11.5 Å². The number of fused-ring (bicyclic) bond motifs is 1. The van der Waals surface area contributed by atoms with Crippen molar-refractivity contribution >= 4 is 23.5 Å². The van der Waals surface area contributed by atoms with Gasteiger partial charge in [0.05, 0.1) is 13.7 Å². The predicted molar refractivity (Wildman–Crippen MR) is 133 cm³/mol. The number of benzene rings is 2. The highest BCUT2D eigenvalue weighted by Crippen LogP contribution is 2.42. The van der Waals surface area contributed by atoms with E-state index in [-0.39, 0.29) is 11.8 Å². The summed E-state index contributed by atoms with van der Waals surface area (Å²) in [6, 6.07) is 15.8. The zero-order chi connectivity index (χ0) is 23.5. The normalized spacial score (nSPS) is 17.1. The molecule has 1 unspecified atom stereocenters. The molecule has 1 aromatic heterocycles. The van der Waals surface area contributed by atoms with Crippen molar-refractivity contribution in [2.45, 2.75) is 43.8 Å². The number of methoxy groups -OCH3 is 1. The molecule has 34 heavy (non-hydrogen) atoms. The molecule has 0 bridgehead atoms. The minimum Gasteiger partial charge on any atom is -0.493 e. The quantitative estimate of drug-likeness (QED) is 0.456. The number of Topliss-reactive ketones (excluding diaryl/α,β-unsaturated/α-hetero) is 1. The fourth-order valence-electron chi connectivity index (χ4n) is 4.53. The molecule has 3 aromatic rings. The van der Waals surface area contributed by atoms with Gasteiger partial charge in [0.1, 0.15) is 6.04 Å². The number of thioether (sulfide) groups is 1. The van der Waals surface area contributed by atoms with E-state index in [2.05, 4.69) is 29.4 Å². The molecule has 0 radical (unpaired) electrons. The first kappa shape index (κ1) is 22.5. The molecule has 7 nitrogen and oxygen atoms in total. The van der Waals surface area contributed by atoms with Crippen molar-refractivity contribution in [1.29, 1.82) is 0 Å². The molecule has 5 rings (SSSR count). The van der Waals surface area contributed by atoms with E-state index in [1.807, 2.05) is 41.1 Å². The topological polar surface area (TPSA) is 78.3 Å². The third-order valence-electron chi connectivity index (χ3n) is 6.12. The van der Waals surface area contributed by atoms with Gasteiger partial charge in [0.2, 0.25) is 11.1 Å². The van der Waals surface area contributed by atoms with E-state index in [9.17, 15) is 4.79 Å². The van der Waals surface area contributed by atoms with Crippen LogP contribution in [0.1, 0.15) is 43.4 Å². The molecule has 2 aliphatic rings. The Labute approximate surface area is 203 Å². The van der Waals surface area contributed by atoms with Crippen LogP contribution in [0.4, 0.5) is 5.95 Å². The number of allylic oxidation sites excluding steroid dienone is 2. The van der Waals surface area contributed by atoms with E-state index in [0.717, 1.165) is 41.8 Å². The molecule has 1 atom stereocenters. The Morgan fingerprint density at radius 3 is 2.79 bits per heavy atom.